The number of carbonyl (C=O) groups excluding carboxylic acids is 1. The second-order valence-corrected chi connectivity index (χ2v) is 10.9. The summed E-state index contributed by atoms with van der Waals surface area (Å²) in [6, 6.07) is 0. The Kier molecular flexibility index (Phi) is 19.1. The second kappa shape index (κ2) is 19.5. The van der Waals surface area contributed by atoms with Crippen molar-refractivity contribution in [3.05, 3.63) is 12.2 Å². The van der Waals surface area contributed by atoms with Crippen LogP contribution in [0.5, 0.6) is 0 Å². The summed E-state index contributed by atoms with van der Waals surface area (Å²) in [6.07, 6.45) is 16.2. The number of aliphatic hydroxyl groups excluding tert-OH is 1. The number of aliphatic hydroxyl groups is 1. The molecule has 0 saturated heterocycles. The Labute approximate surface area is 201 Å². The highest BCUT2D eigenvalue weighted by atomic mass is 31.2. The van der Waals surface area contributed by atoms with Crippen molar-refractivity contribution >= 4 is 13.8 Å². The zero-order valence-corrected chi connectivity index (χ0v) is 22.2. The van der Waals surface area contributed by atoms with Crippen molar-refractivity contribution in [3.8, 4) is 0 Å². The van der Waals surface area contributed by atoms with E-state index < -0.39 is 26.5 Å². The van der Waals surface area contributed by atoms with Gasteiger partial charge in [-0.25, -0.2) is 0 Å². The third-order valence-electron chi connectivity index (χ3n) is 5.07. The van der Waals surface area contributed by atoms with Crippen LogP contribution >= 0.6 is 7.82 Å². The molecule has 8 nitrogen and oxygen atoms in total. The van der Waals surface area contributed by atoms with Gasteiger partial charge in [-0.3, -0.25) is 9.36 Å². The molecule has 0 rings (SSSR count). The summed E-state index contributed by atoms with van der Waals surface area (Å²) in [5, 5.41) is 9.32. The molecule has 0 radical (unpaired) electrons. The predicted octanol–water partition coefficient (Wildman–Crippen LogP) is 4.36. The number of ether oxygens (including phenoxy) is 1. The zero-order chi connectivity index (χ0) is 25.0. The smallest absolute Gasteiger partial charge is 0.305 e. The summed E-state index contributed by atoms with van der Waals surface area (Å²) >= 11 is 0. The molecule has 0 heterocycles. The van der Waals surface area contributed by atoms with E-state index in [0.717, 1.165) is 38.5 Å². The molecule has 196 valence electrons. The molecule has 9 heteroatoms. The van der Waals surface area contributed by atoms with Gasteiger partial charge in [0.25, 0.3) is 7.82 Å². The van der Waals surface area contributed by atoms with Gasteiger partial charge < -0.3 is 28.3 Å². The molecular weight excluding hydrogens is 445 g/mol. The number of esters is 1. The van der Waals surface area contributed by atoms with Crippen molar-refractivity contribution < 1.29 is 37.6 Å². The summed E-state index contributed by atoms with van der Waals surface area (Å²) in [5.74, 6) is -0.422. The van der Waals surface area contributed by atoms with Crippen LogP contribution in [0.3, 0.4) is 0 Å². The number of nitrogens with zero attached hydrogens (tertiary/aromatic N) is 1. The fourth-order valence-electron chi connectivity index (χ4n) is 3.00. The molecule has 0 aliphatic rings. The number of rotatable bonds is 22. The van der Waals surface area contributed by atoms with E-state index >= 15 is 0 Å². The van der Waals surface area contributed by atoms with E-state index in [1.54, 1.807) is 0 Å². The summed E-state index contributed by atoms with van der Waals surface area (Å²) in [4.78, 5) is 23.7. The maximum Gasteiger partial charge on any atom is 0.305 e. The molecule has 0 spiro atoms. The van der Waals surface area contributed by atoms with Crippen molar-refractivity contribution in [1.29, 1.82) is 0 Å². The predicted molar refractivity (Wildman–Crippen MR) is 130 cm³/mol. The van der Waals surface area contributed by atoms with Crippen LogP contribution in [0, 0.1) is 0 Å². The Balaban J connectivity index is 3.79. The molecule has 2 unspecified atom stereocenters. The van der Waals surface area contributed by atoms with E-state index in [-0.39, 0.29) is 19.6 Å². The minimum absolute atomic E-state index is 0.0302. The topological polar surface area (TPSA) is 105 Å². The third kappa shape index (κ3) is 22.8. The van der Waals surface area contributed by atoms with Gasteiger partial charge >= 0.3 is 5.97 Å². The first kappa shape index (κ1) is 32.2. The first-order valence-corrected chi connectivity index (χ1v) is 13.9. The maximum atomic E-state index is 11.9. The van der Waals surface area contributed by atoms with Gasteiger partial charge in [0.15, 0.2) is 0 Å². The van der Waals surface area contributed by atoms with Gasteiger partial charge in [0.05, 0.1) is 27.7 Å². The molecule has 0 saturated carbocycles. The molecule has 0 aliphatic carbocycles. The Bertz CT molecular complexity index is 564. The SMILES string of the molecule is CCCCCC/C=C\CCCCCCCC(=O)OCC(CO)OP(=O)([O-])OCC[N+](C)(C)C. The Morgan fingerprint density at radius 3 is 2.15 bits per heavy atom. The number of allylic oxidation sites excluding steroid dienone is 2. The largest absolute Gasteiger partial charge is 0.756 e. The molecule has 0 aliphatic heterocycles. The maximum absolute atomic E-state index is 11.9. The number of phosphoric acid groups is 1. The van der Waals surface area contributed by atoms with Crippen LogP contribution in [0.1, 0.15) is 84.0 Å². The number of quaternary nitrogens is 1. The molecule has 0 fully saturated rings. The quantitative estimate of drug-likeness (QED) is 0.0785. The van der Waals surface area contributed by atoms with Crippen LogP contribution in [0.15, 0.2) is 12.2 Å². The molecule has 0 aromatic rings. The third-order valence-corrected chi connectivity index (χ3v) is 6.12. The first-order chi connectivity index (χ1) is 15.6. The number of hydrogen-bond acceptors (Lipinski definition) is 7. The summed E-state index contributed by atoms with van der Waals surface area (Å²) in [7, 11) is 1.14. The summed E-state index contributed by atoms with van der Waals surface area (Å²) in [5.41, 5.74) is 0. The molecule has 33 heavy (non-hydrogen) atoms. The summed E-state index contributed by atoms with van der Waals surface area (Å²) < 4.78 is 27.1. The number of likely N-dealkylation sites (N-methyl/N-ethyl adjacent to an activating group) is 1. The van der Waals surface area contributed by atoms with Gasteiger partial charge in [-0.1, -0.05) is 57.6 Å². The lowest BCUT2D eigenvalue weighted by atomic mass is 10.1. The Morgan fingerprint density at radius 1 is 1.00 bits per heavy atom. The normalized spacial score (nSPS) is 15.0. The van der Waals surface area contributed by atoms with E-state index in [4.69, 9.17) is 13.8 Å². The lowest BCUT2D eigenvalue weighted by molar-refractivity contribution is -0.870. The van der Waals surface area contributed by atoms with Crippen LogP contribution in [-0.2, 0) is 23.1 Å². The number of unbranched alkanes of at least 4 members (excludes halogenated alkanes) is 9. The molecule has 0 aromatic carbocycles. The van der Waals surface area contributed by atoms with Crippen molar-refractivity contribution in [2.24, 2.45) is 0 Å². The lowest BCUT2D eigenvalue weighted by Crippen LogP contribution is -2.38. The van der Waals surface area contributed by atoms with Gasteiger partial charge in [-0.2, -0.15) is 0 Å². The highest BCUT2D eigenvalue weighted by Gasteiger charge is 2.20. The number of carbonyl (C=O) groups is 1. The molecule has 0 bridgehead atoms. The van der Waals surface area contributed by atoms with E-state index in [2.05, 4.69) is 19.1 Å². The van der Waals surface area contributed by atoms with E-state index in [9.17, 15) is 19.4 Å². The van der Waals surface area contributed by atoms with Crippen LogP contribution in [0.25, 0.3) is 0 Å². The average molecular weight is 494 g/mol. The van der Waals surface area contributed by atoms with Gasteiger partial charge in [0.1, 0.15) is 25.9 Å². The van der Waals surface area contributed by atoms with Gasteiger partial charge in [0, 0.05) is 6.42 Å². The molecular formula is C24H48NO7P. The zero-order valence-electron chi connectivity index (χ0n) is 21.3. The number of phosphoric ester groups is 1. The fraction of sp³-hybridized carbons (Fsp3) is 0.875. The monoisotopic (exact) mass is 493 g/mol. The van der Waals surface area contributed by atoms with Crippen LogP contribution in [-0.4, -0.2) is 69.2 Å². The van der Waals surface area contributed by atoms with Gasteiger partial charge in [-0.15, -0.1) is 0 Å². The van der Waals surface area contributed by atoms with Crippen molar-refractivity contribution in [2.45, 2.75) is 90.1 Å². The molecule has 0 amide bonds. The van der Waals surface area contributed by atoms with Crippen molar-refractivity contribution in [3.63, 3.8) is 0 Å². The van der Waals surface area contributed by atoms with Crippen LogP contribution in [0.4, 0.5) is 0 Å². The van der Waals surface area contributed by atoms with Gasteiger partial charge in [-0.05, 0) is 32.1 Å². The van der Waals surface area contributed by atoms with Crippen LogP contribution < -0.4 is 4.89 Å². The second-order valence-electron chi connectivity index (χ2n) is 9.51. The average Bonchev–Trinajstić information content (AvgIpc) is 2.73. The molecule has 2 atom stereocenters. The Morgan fingerprint density at radius 2 is 1.58 bits per heavy atom. The standard InChI is InChI=1S/C24H48NO7P/c1-5-6-7-8-9-10-11-12-13-14-15-16-17-18-24(27)30-22-23(21-26)32-33(28,29)31-20-19-25(2,3)4/h10-11,23,26H,5-9,12-22H2,1-4H3/b11-10-. The minimum atomic E-state index is -4.58. The molecule has 0 aromatic heterocycles. The Hall–Kier alpha value is -0.760. The fourth-order valence-corrected chi connectivity index (χ4v) is 3.86. The number of hydrogen-bond donors (Lipinski definition) is 1. The van der Waals surface area contributed by atoms with Crippen LogP contribution in [0.2, 0.25) is 0 Å². The van der Waals surface area contributed by atoms with Crippen molar-refractivity contribution in [1.82, 2.24) is 0 Å². The van der Waals surface area contributed by atoms with E-state index in [1.807, 2.05) is 21.1 Å². The van der Waals surface area contributed by atoms with Gasteiger partial charge in [0.2, 0.25) is 0 Å². The molecule has 1 N–H and O–H groups in total. The summed E-state index contributed by atoms with van der Waals surface area (Å²) in [6.45, 7) is 1.75. The first-order valence-electron chi connectivity index (χ1n) is 12.5. The van der Waals surface area contributed by atoms with E-state index in [1.165, 1.54) is 32.1 Å². The lowest BCUT2D eigenvalue weighted by Gasteiger charge is -2.29. The minimum Gasteiger partial charge on any atom is -0.756 e. The van der Waals surface area contributed by atoms with E-state index in [0.29, 0.717) is 11.0 Å². The van der Waals surface area contributed by atoms with Crippen molar-refractivity contribution in [2.75, 3.05) is 47.5 Å². The highest BCUT2D eigenvalue weighted by Crippen LogP contribution is 2.39. The highest BCUT2D eigenvalue weighted by molar-refractivity contribution is 7.45.